The molecular formula is C47H52O12. The maximum atomic E-state index is 13.0. The molecule has 0 bridgehead atoms. The molecule has 12 heteroatoms. The number of carbonyl (C=O) groups excluding carboxylic acids is 2. The molecular weight excluding hydrogens is 757 g/mol. The standard InChI is InChI=1S/C47H52O12/c1-3-5-6-7-8-9-10-11-12-13-14-15-30(4-2)41(31-16-22-35(23-17-31)58-46(56)33-20-26-37(42(48)49)39(28-33)44(52)53)32-18-24-36(25-19-32)59-47(57)34-21-27-38(43(50)51)40(29-34)45(54)55/h16-30,41H,3-15H2,1-2H3,(H,48,49)(H,50,51)(H,52,53)(H,54,55). The second kappa shape index (κ2) is 22.6. The van der Waals surface area contributed by atoms with Crippen LogP contribution in [0, 0.1) is 5.92 Å². The van der Waals surface area contributed by atoms with Gasteiger partial charge >= 0.3 is 35.8 Å². The zero-order chi connectivity index (χ0) is 42.9. The smallest absolute Gasteiger partial charge is 0.343 e. The van der Waals surface area contributed by atoms with Gasteiger partial charge in [-0.1, -0.05) is 115 Å². The van der Waals surface area contributed by atoms with E-state index in [9.17, 15) is 49.2 Å². The first-order chi connectivity index (χ1) is 28.3. The molecule has 0 fully saturated rings. The Labute approximate surface area is 343 Å². The Hall–Kier alpha value is -6.30. The van der Waals surface area contributed by atoms with E-state index in [2.05, 4.69) is 13.8 Å². The Bertz CT molecular complexity index is 1950. The molecule has 0 heterocycles. The van der Waals surface area contributed by atoms with E-state index in [4.69, 9.17) is 9.47 Å². The van der Waals surface area contributed by atoms with Gasteiger partial charge in [0.05, 0.1) is 33.4 Å². The molecule has 0 aliphatic rings. The second-order valence-corrected chi connectivity index (χ2v) is 14.6. The van der Waals surface area contributed by atoms with Crippen LogP contribution >= 0.6 is 0 Å². The molecule has 0 aliphatic carbocycles. The molecule has 312 valence electrons. The fourth-order valence-corrected chi connectivity index (χ4v) is 7.30. The maximum Gasteiger partial charge on any atom is 0.343 e. The highest BCUT2D eigenvalue weighted by molar-refractivity contribution is 6.05. The average molecular weight is 809 g/mol. The summed E-state index contributed by atoms with van der Waals surface area (Å²) < 4.78 is 11.1. The van der Waals surface area contributed by atoms with Gasteiger partial charge in [-0.25, -0.2) is 28.8 Å². The van der Waals surface area contributed by atoms with E-state index in [1.54, 1.807) is 24.3 Å². The van der Waals surface area contributed by atoms with Gasteiger partial charge in [0.1, 0.15) is 11.5 Å². The van der Waals surface area contributed by atoms with Crippen molar-refractivity contribution in [1.29, 1.82) is 0 Å². The number of carbonyl (C=O) groups is 6. The van der Waals surface area contributed by atoms with Crippen LogP contribution < -0.4 is 9.47 Å². The molecule has 0 amide bonds. The second-order valence-electron chi connectivity index (χ2n) is 14.6. The van der Waals surface area contributed by atoms with E-state index in [0.29, 0.717) is 0 Å². The highest BCUT2D eigenvalue weighted by atomic mass is 16.5. The molecule has 12 nitrogen and oxygen atoms in total. The predicted molar refractivity (Wildman–Crippen MR) is 220 cm³/mol. The summed E-state index contributed by atoms with van der Waals surface area (Å²) in [6.45, 7) is 4.37. The minimum absolute atomic E-state index is 0.0963. The number of carboxylic acids is 4. The van der Waals surface area contributed by atoms with Crippen LogP contribution in [0.1, 0.15) is 177 Å². The minimum atomic E-state index is -1.49. The van der Waals surface area contributed by atoms with Crippen LogP contribution in [-0.4, -0.2) is 56.2 Å². The minimum Gasteiger partial charge on any atom is -0.478 e. The molecule has 1 unspecified atom stereocenters. The topological polar surface area (TPSA) is 202 Å². The summed E-state index contributed by atoms with van der Waals surface area (Å²) in [5, 5.41) is 37.6. The van der Waals surface area contributed by atoms with Crippen molar-refractivity contribution < 1.29 is 58.7 Å². The molecule has 4 N–H and O–H groups in total. The molecule has 59 heavy (non-hydrogen) atoms. The van der Waals surface area contributed by atoms with Crippen molar-refractivity contribution in [2.45, 2.75) is 103 Å². The lowest BCUT2D eigenvalue weighted by atomic mass is 9.77. The Morgan fingerprint density at radius 1 is 0.458 bits per heavy atom. The Morgan fingerprint density at radius 3 is 1.15 bits per heavy atom. The third-order valence-electron chi connectivity index (χ3n) is 10.5. The van der Waals surface area contributed by atoms with Crippen molar-refractivity contribution >= 4 is 35.8 Å². The quantitative estimate of drug-likeness (QED) is 0.0297. The number of hydrogen-bond donors (Lipinski definition) is 4. The lowest BCUT2D eigenvalue weighted by Gasteiger charge is -2.28. The van der Waals surface area contributed by atoms with E-state index in [-0.39, 0.29) is 34.5 Å². The first kappa shape index (κ1) is 45.4. The van der Waals surface area contributed by atoms with Crippen LogP contribution in [0.3, 0.4) is 0 Å². The molecule has 0 spiro atoms. The zero-order valence-corrected chi connectivity index (χ0v) is 33.5. The maximum absolute atomic E-state index is 13.0. The molecule has 4 rings (SSSR count). The average Bonchev–Trinajstić information content (AvgIpc) is 3.22. The van der Waals surface area contributed by atoms with Crippen molar-refractivity contribution in [2.75, 3.05) is 0 Å². The fraction of sp³-hybridized carbons (Fsp3) is 0.362. The number of aromatic carboxylic acids is 4. The fourth-order valence-electron chi connectivity index (χ4n) is 7.30. The normalized spacial score (nSPS) is 11.5. The van der Waals surface area contributed by atoms with Gasteiger partial charge in [0.25, 0.3) is 0 Å². The number of esters is 2. The molecule has 1 atom stereocenters. The SMILES string of the molecule is CCCCCCCCCCCCCC(CC)C(c1ccc(OC(=O)c2ccc(C(=O)O)c(C(=O)O)c2)cc1)c1ccc(OC(=O)c2ccc(C(=O)O)c(C(=O)O)c2)cc1. The van der Waals surface area contributed by atoms with Gasteiger partial charge in [0, 0.05) is 5.92 Å². The van der Waals surface area contributed by atoms with Crippen LogP contribution in [-0.2, 0) is 0 Å². The summed E-state index contributed by atoms with van der Waals surface area (Å²) in [5.74, 6) is -6.99. The number of ether oxygens (including phenoxy) is 2. The molecule has 4 aromatic carbocycles. The number of benzene rings is 4. The van der Waals surface area contributed by atoms with Crippen LogP contribution in [0.2, 0.25) is 0 Å². The zero-order valence-electron chi connectivity index (χ0n) is 33.5. The Balaban J connectivity index is 1.51. The first-order valence-corrected chi connectivity index (χ1v) is 20.2. The third kappa shape index (κ3) is 13.1. The molecule has 0 radical (unpaired) electrons. The number of rotatable bonds is 24. The summed E-state index contributed by atoms with van der Waals surface area (Å²) >= 11 is 0. The van der Waals surface area contributed by atoms with E-state index in [1.165, 1.54) is 69.9 Å². The predicted octanol–water partition coefficient (Wildman–Crippen LogP) is 10.8. The van der Waals surface area contributed by atoms with Gasteiger partial charge in [-0.05, 0) is 84.1 Å². The summed E-state index contributed by atoms with van der Waals surface area (Å²) in [5.41, 5.74) is -0.300. The highest BCUT2D eigenvalue weighted by Crippen LogP contribution is 2.38. The van der Waals surface area contributed by atoms with Crippen molar-refractivity contribution in [3.05, 3.63) is 129 Å². The monoisotopic (exact) mass is 808 g/mol. The van der Waals surface area contributed by atoms with Crippen molar-refractivity contribution in [2.24, 2.45) is 5.92 Å². The molecule has 0 saturated heterocycles. The molecule has 0 saturated carbocycles. The number of unbranched alkanes of at least 4 members (excludes halogenated alkanes) is 10. The largest absolute Gasteiger partial charge is 0.478 e. The van der Waals surface area contributed by atoms with E-state index < -0.39 is 58.1 Å². The van der Waals surface area contributed by atoms with Gasteiger partial charge in [-0.15, -0.1) is 0 Å². The summed E-state index contributed by atoms with van der Waals surface area (Å²) in [4.78, 5) is 72.2. The molecule has 0 aromatic heterocycles. The van der Waals surface area contributed by atoms with Crippen LogP contribution in [0.5, 0.6) is 11.5 Å². The van der Waals surface area contributed by atoms with Crippen LogP contribution in [0.25, 0.3) is 0 Å². The van der Waals surface area contributed by atoms with Gasteiger partial charge in [-0.3, -0.25) is 0 Å². The van der Waals surface area contributed by atoms with Crippen LogP contribution in [0.4, 0.5) is 0 Å². The van der Waals surface area contributed by atoms with Gasteiger partial charge in [-0.2, -0.15) is 0 Å². The van der Waals surface area contributed by atoms with Crippen molar-refractivity contribution in [1.82, 2.24) is 0 Å². The Kier molecular flexibility index (Phi) is 17.4. The van der Waals surface area contributed by atoms with E-state index in [1.807, 2.05) is 24.3 Å². The third-order valence-corrected chi connectivity index (χ3v) is 10.5. The van der Waals surface area contributed by atoms with Gasteiger partial charge in [0.15, 0.2) is 0 Å². The van der Waals surface area contributed by atoms with Gasteiger partial charge in [0.2, 0.25) is 0 Å². The summed E-state index contributed by atoms with van der Waals surface area (Å²) in [6.07, 6.45) is 15.4. The lowest BCUT2D eigenvalue weighted by molar-refractivity contribution is 0.0650. The summed E-state index contributed by atoms with van der Waals surface area (Å²) in [6, 6.07) is 20.5. The number of hydrogen-bond acceptors (Lipinski definition) is 8. The highest BCUT2D eigenvalue weighted by Gasteiger charge is 2.25. The molecule has 4 aromatic rings. The van der Waals surface area contributed by atoms with Gasteiger partial charge < -0.3 is 29.9 Å². The van der Waals surface area contributed by atoms with Crippen molar-refractivity contribution in [3.63, 3.8) is 0 Å². The van der Waals surface area contributed by atoms with Crippen molar-refractivity contribution in [3.8, 4) is 11.5 Å². The number of carboxylic acid groups (broad SMARTS) is 4. The first-order valence-electron chi connectivity index (χ1n) is 20.2. The van der Waals surface area contributed by atoms with E-state index in [0.717, 1.165) is 61.1 Å². The Morgan fingerprint density at radius 2 is 0.814 bits per heavy atom. The molecule has 0 aliphatic heterocycles. The van der Waals surface area contributed by atoms with Crippen LogP contribution in [0.15, 0.2) is 84.9 Å². The lowest BCUT2D eigenvalue weighted by Crippen LogP contribution is -2.15. The van der Waals surface area contributed by atoms with E-state index >= 15 is 0 Å². The summed E-state index contributed by atoms with van der Waals surface area (Å²) in [7, 11) is 0.